The average molecular weight is 181 g/mol. The van der Waals surface area contributed by atoms with Crippen molar-refractivity contribution in [1.82, 2.24) is 0 Å². The highest BCUT2D eigenvalue weighted by Gasteiger charge is 2.03. The van der Waals surface area contributed by atoms with Crippen LogP contribution in [0.4, 0.5) is 0 Å². The zero-order valence-electron chi connectivity index (χ0n) is 6.76. The number of hydrogen-bond acceptors (Lipinski definition) is 2. The zero-order chi connectivity index (χ0) is 9.14. The van der Waals surface area contributed by atoms with E-state index in [4.69, 9.17) is 22.6 Å². The number of nitrogens with two attached hydrogens (primary N) is 1. The van der Waals surface area contributed by atoms with E-state index in [1.54, 1.807) is 6.07 Å². The van der Waals surface area contributed by atoms with Gasteiger partial charge in [-0.05, 0) is 24.1 Å². The smallest absolute Gasteiger partial charge is 0.101 e. The molecule has 0 saturated heterocycles. The van der Waals surface area contributed by atoms with Gasteiger partial charge in [0.15, 0.2) is 0 Å². The summed E-state index contributed by atoms with van der Waals surface area (Å²) in [6.07, 6.45) is 0. The van der Waals surface area contributed by atoms with E-state index in [-0.39, 0.29) is 0 Å². The van der Waals surface area contributed by atoms with Gasteiger partial charge in [-0.25, -0.2) is 0 Å². The molecule has 1 aromatic carbocycles. The highest BCUT2D eigenvalue weighted by molar-refractivity contribution is 6.32. The molecule has 0 aliphatic heterocycles. The molecule has 0 aliphatic carbocycles. The molecular formula is C9H9ClN2. The third-order valence-electron chi connectivity index (χ3n) is 1.67. The van der Waals surface area contributed by atoms with Gasteiger partial charge in [-0.1, -0.05) is 17.7 Å². The Morgan fingerprint density at radius 1 is 1.58 bits per heavy atom. The molecule has 0 bridgehead atoms. The van der Waals surface area contributed by atoms with Crippen molar-refractivity contribution in [3.8, 4) is 6.07 Å². The SMILES string of the molecule is Cc1cc(CN)cc(C#N)c1Cl. The third-order valence-corrected chi connectivity index (χ3v) is 2.17. The number of benzene rings is 1. The maximum absolute atomic E-state index is 8.69. The summed E-state index contributed by atoms with van der Waals surface area (Å²) in [5.41, 5.74) is 7.77. The summed E-state index contributed by atoms with van der Waals surface area (Å²) in [6, 6.07) is 5.63. The predicted molar refractivity (Wildman–Crippen MR) is 48.8 cm³/mol. The minimum absolute atomic E-state index is 0.437. The molecule has 0 unspecified atom stereocenters. The summed E-state index contributed by atoms with van der Waals surface area (Å²) in [7, 11) is 0. The minimum Gasteiger partial charge on any atom is -0.326 e. The Bertz CT molecular complexity index is 339. The Kier molecular flexibility index (Phi) is 2.69. The van der Waals surface area contributed by atoms with Gasteiger partial charge in [0.25, 0.3) is 0 Å². The molecule has 0 fully saturated rings. The first-order valence-electron chi connectivity index (χ1n) is 3.58. The predicted octanol–water partition coefficient (Wildman–Crippen LogP) is 1.98. The lowest BCUT2D eigenvalue weighted by molar-refractivity contribution is 1.06. The summed E-state index contributed by atoms with van der Waals surface area (Å²) < 4.78 is 0. The molecule has 0 aromatic heterocycles. The topological polar surface area (TPSA) is 49.8 Å². The molecule has 1 aromatic rings. The van der Waals surface area contributed by atoms with Gasteiger partial charge in [-0.2, -0.15) is 5.26 Å². The van der Waals surface area contributed by atoms with Gasteiger partial charge in [-0.3, -0.25) is 0 Å². The van der Waals surface area contributed by atoms with Crippen LogP contribution in [0.25, 0.3) is 0 Å². The van der Waals surface area contributed by atoms with E-state index in [1.807, 2.05) is 19.1 Å². The van der Waals surface area contributed by atoms with Crippen LogP contribution >= 0.6 is 11.6 Å². The highest BCUT2D eigenvalue weighted by atomic mass is 35.5. The number of hydrogen-bond donors (Lipinski definition) is 1. The van der Waals surface area contributed by atoms with Crippen LogP contribution in [0.5, 0.6) is 0 Å². The Balaban J connectivity index is 3.31. The van der Waals surface area contributed by atoms with Gasteiger partial charge in [0.2, 0.25) is 0 Å². The number of halogens is 1. The quantitative estimate of drug-likeness (QED) is 0.719. The molecule has 12 heavy (non-hydrogen) atoms. The first kappa shape index (κ1) is 9.05. The molecule has 0 heterocycles. The number of nitrogens with zero attached hydrogens (tertiary/aromatic N) is 1. The van der Waals surface area contributed by atoms with Gasteiger partial charge in [0, 0.05) is 6.54 Å². The van der Waals surface area contributed by atoms with Crippen LogP contribution in [0, 0.1) is 18.3 Å². The molecule has 0 atom stereocenters. The molecular weight excluding hydrogens is 172 g/mol. The maximum Gasteiger partial charge on any atom is 0.101 e. The Hall–Kier alpha value is -1.04. The summed E-state index contributed by atoms with van der Waals surface area (Å²) in [5, 5.41) is 9.21. The second kappa shape index (κ2) is 3.57. The van der Waals surface area contributed by atoms with E-state index >= 15 is 0 Å². The van der Waals surface area contributed by atoms with Gasteiger partial charge < -0.3 is 5.73 Å². The van der Waals surface area contributed by atoms with Crippen molar-refractivity contribution >= 4 is 11.6 Å². The van der Waals surface area contributed by atoms with Crippen LogP contribution < -0.4 is 5.73 Å². The summed E-state index contributed by atoms with van der Waals surface area (Å²) in [4.78, 5) is 0. The van der Waals surface area contributed by atoms with E-state index in [0.29, 0.717) is 17.1 Å². The summed E-state index contributed by atoms with van der Waals surface area (Å²) in [5.74, 6) is 0. The lowest BCUT2D eigenvalue weighted by Gasteiger charge is -2.03. The second-order valence-corrected chi connectivity index (χ2v) is 2.97. The lowest BCUT2D eigenvalue weighted by atomic mass is 10.1. The Labute approximate surface area is 76.6 Å². The monoisotopic (exact) mass is 180 g/mol. The van der Waals surface area contributed by atoms with Crippen molar-refractivity contribution in [3.05, 3.63) is 33.8 Å². The Morgan fingerprint density at radius 2 is 2.25 bits per heavy atom. The first-order chi connectivity index (χ1) is 5.69. The highest BCUT2D eigenvalue weighted by Crippen LogP contribution is 2.21. The van der Waals surface area contributed by atoms with E-state index in [1.165, 1.54) is 0 Å². The van der Waals surface area contributed by atoms with Crippen LogP contribution in [-0.4, -0.2) is 0 Å². The molecule has 0 aliphatic rings. The largest absolute Gasteiger partial charge is 0.326 e. The fourth-order valence-electron chi connectivity index (χ4n) is 1.04. The van der Waals surface area contributed by atoms with Gasteiger partial charge in [0.05, 0.1) is 10.6 Å². The fourth-order valence-corrected chi connectivity index (χ4v) is 1.19. The van der Waals surface area contributed by atoms with E-state index < -0.39 is 0 Å². The van der Waals surface area contributed by atoms with Gasteiger partial charge in [-0.15, -0.1) is 0 Å². The molecule has 1 rings (SSSR count). The maximum atomic E-state index is 8.69. The van der Waals surface area contributed by atoms with E-state index in [0.717, 1.165) is 11.1 Å². The molecule has 0 spiro atoms. The first-order valence-corrected chi connectivity index (χ1v) is 3.96. The molecule has 2 nitrogen and oxygen atoms in total. The molecule has 0 saturated carbocycles. The average Bonchev–Trinajstić information content (AvgIpc) is 2.09. The van der Waals surface area contributed by atoms with Crippen LogP contribution in [0.1, 0.15) is 16.7 Å². The number of aryl methyl sites for hydroxylation is 1. The number of rotatable bonds is 1. The number of nitriles is 1. The minimum atomic E-state index is 0.437. The lowest BCUT2D eigenvalue weighted by Crippen LogP contribution is -1.98. The van der Waals surface area contributed by atoms with Gasteiger partial charge >= 0.3 is 0 Å². The van der Waals surface area contributed by atoms with E-state index in [2.05, 4.69) is 0 Å². The van der Waals surface area contributed by atoms with Crippen LogP contribution in [0.15, 0.2) is 12.1 Å². The zero-order valence-corrected chi connectivity index (χ0v) is 7.52. The van der Waals surface area contributed by atoms with Crippen molar-refractivity contribution in [2.45, 2.75) is 13.5 Å². The fraction of sp³-hybridized carbons (Fsp3) is 0.222. The normalized spacial score (nSPS) is 9.50. The van der Waals surface area contributed by atoms with Crippen molar-refractivity contribution < 1.29 is 0 Å². The van der Waals surface area contributed by atoms with Gasteiger partial charge in [0.1, 0.15) is 6.07 Å². The summed E-state index contributed by atoms with van der Waals surface area (Å²) >= 11 is 5.86. The van der Waals surface area contributed by atoms with Crippen LogP contribution in [0.3, 0.4) is 0 Å². The van der Waals surface area contributed by atoms with Crippen molar-refractivity contribution in [2.75, 3.05) is 0 Å². The van der Waals surface area contributed by atoms with Crippen molar-refractivity contribution in [3.63, 3.8) is 0 Å². The second-order valence-electron chi connectivity index (χ2n) is 2.59. The van der Waals surface area contributed by atoms with Crippen LogP contribution in [-0.2, 0) is 6.54 Å². The molecule has 2 N–H and O–H groups in total. The standard InChI is InChI=1S/C9H9ClN2/c1-6-2-7(4-11)3-8(5-12)9(6)10/h2-3H,4,11H2,1H3. The molecule has 62 valence electrons. The molecule has 3 heteroatoms. The molecule has 0 amide bonds. The van der Waals surface area contributed by atoms with Crippen LogP contribution in [0.2, 0.25) is 5.02 Å². The molecule has 0 radical (unpaired) electrons. The van der Waals surface area contributed by atoms with Crippen molar-refractivity contribution in [1.29, 1.82) is 5.26 Å². The third kappa shape index (κ3) is 1.58. The van der Waals surface area contributed by atoms with E-state index in [9.17, 15) is 0 Å². The van der Waals surface area contributed by atoms with Crippen molar-refractivity contribution in [2.24, 2.45) is 5.73 Å². The summed E-state index contributed by atoms with van der Waals surface area (Å²) in [6.45, 7) is 2.30. The Morgan fingerprint density at radius 3 is 2.75 bits per heavy atom.